The van der Waals surface area contributed by atoms with Gasteiger partial charge in [-0.2, -0.15) is 0 Å². The number of rotatable bonds is 4. The van der Waals surface area contributed by atoms with E-state index in [1.807, 2.05) is 48.5 Å². The third kappa shape index (κ3) is 2.76. The topological polar surface area (TPSA) is 70.8 Å². The van der Waals surface area contributed by atoms with E-state index < -0.39 is 0 Å². The maximum absolute atomic E-state index is 12.2. The van der Waals surface area contributed by atoms with Gasteiger partial charge in [0, 0.05) is 22.9 Å². The highest BCUT2D eigenvalue weighted by molar-refractivity contribution is 7.98. The lowest BCUT2D eigenvalue weighted by Crippen LogP contribution is -2.11. The first-order chi connectivity index (χ1) is 11.7. The second kappa shape index (κ2) is 6.05. The first kappa shape index (κ1) is 14.8. The minimum Gasteiger partial charge on any atom is -0.497 e. The number of para-hydroxylation sites is 1. The minimum absolute atomic E-state index is 0.0565. The van der Waals surface area contributed by atoms with E-state index in [9.17, 15) is 4.79 Å². The largest absolute Gasteiger partial charge is 0.497 e. The molecule has 0 radical (unpaired) electrons. The number of methoxy groups -OCH3 is 1. The second-order valence-corrected chi connectivity index (χ2v) is 6.39. The number of hydrogen-bond donors (Lipinski definition) is 2. The Bertz CT molecular complexity index is 1080. The van der Waals surface area contributed by atoms with E-state index in [2.05, 4.69) is 15.0 Å². The molecule has 0 unspecified atom stereocenters. The van der Waals surface area contributed by atoms with E-state index in [1.165, 1.54) is 11.8 Å². The lowest BCUT2D eigenvalue weighted by atomic mass is 10.2. The summed E-state index contributed by atoms with van der Waals surface area (Å²) in [5.41, 5.74) is 3.33. The predicted octanol–water partition coefficient (Wildman–Crippen LogP) is 3.71. The number of pyridine rings is 1. The number of nitrogens with zero attached hydrogens (tertiary/aromatic N) is 1. The first-order valence-corrected chi connectivity index (χ1v) is 8.49. The molecule has 2 aromatic heterocycles. The number of nitrogens with one attached hydrogen (secondary N) is 2. The van der Waals surface area contributed by atoms with Crippen molar-refractivity contribution in [3.8, 4) is 5.75 Å². The molecule has 6 heteroatoms. The lowest BCUT2D eigenvalue weighted by Gasteiger charge is -2.02. The van der Waals surface area contributed by atoms with E-state index in [4.69, 9.17) is 4.74 Å². The highest BCUT2D eigenvalue weighted by Gasteiger charge is 2.08. The van der Waals surface area contributed by atoms with Crippen LogP contribution in [-0.4, -0.2) is 22.1 Å². The van der Waals surface area contributed by atoms with Crippen LogP contribution in [0, 0.1) is 0 Å². The highest BCUT2D eigenvalue weighted by Crippen LogP contribution is 2.25. The third-order valence-corrected chi connectivity index (χ3v) is 4.78. The molecule has 0 aliphatic heterocycles. The van der Waals surface area contributed by atoms with E-state index in [0.29, 0.717) is 5.75 Å². The van der Waals surface area contributed by atoms with Crippen molar-refractivity contribution < 1.29 is 4.74 Å². The smallest absolute Gasteiger partial charge is 0.252 e. The quantitative estimate of drug-likeness (QED) is 0.557. The fourth-order valence-corrected chi connectivity index (χ4v) is 3.46. The number of fused-ring (bicyclic) bond motifs is 2. The van der Waals surface area contributed by atoms with Gasteiger partial charge < -0.3 is 14.7 Å². The summed E-state index contributed by atoms with van der Waals surface area (Å²) in [6.07, 6.45) is 0. The summed E-state index contributed by atoms with van der Waals surface area (Å²) in [6.45, 7) is 0. The Morgan fingerprint density at radius 3 is 2.83 bits per heavy atom. The Morgan fingerprint density at radius 2 is 1.96 bits per heavy atom. The van der Waals surface area contributed by atoms with Crippen molar-refractivity contribution >= 4 is 33.7 Å². The average Bonchev–Trinajstić information content (AvgIpc) is 3.01. The van der Waals surface area contributed by atoms with Gasteiger partial charge in [-0.05, 0) is 29.7 Å². The van der Waals surface area contributed by atoms with Crippen LogP contribution < -0.4 is 10.3 Å². The van der Waals surface area contributed by atoms with E-state index in [0.717, 1.165) is 38.4 Å². The van der Waals surface area contributed by atoms with Crippen LogP contribution in [0.4, 0.5) is 0 Å². The van der Waals surface area contributed by atoms with Gasteiger partial charge in [0.2, 0.25) is 0 Å². The Morgan fingerprint density at radius 1 is 1.08 bits per heavy atom. The molecule has 0 bridgehead atoms. The molecule has 2 heterocycles. The van der Waals surface area contributed by atoms with Gasteiger partial charge in [-0.15, -0.1) is 0 Å². The van der Waals surface area contributed by atoms with E-state index in [-0.39, 0.29) is 5.56 Å². The summed E-state index contributed by atoms with van der Waals surface area (Å²) in [5, 5.41) is 1.81. The van der Waals surface area contributed by atoms with Crippen LogP contribution in [0.25, 0.3) is 21.9 Å². The van der Waals surface area contributed by atoms with Crippen LogP contribution in [0.15, 0.2) is 58.5 Å². The molecule has 0 aliphatic carbocycles. The molecule has 24 heavy (non-hydrogen) atoms. The Labute approximate surface area is 142 Å². The van der Waals surface area contributed by atoms with E-state index >= 15 is 0 Å². The molecule has 0 saturated heterocycles. The maximum Gasteiger partial charge on any atom is 0.252 e. The van der Waals surface area contributed by atoms with Gasteiger partial charge in [0.15, 0.2) is 5.16 Å². The molecule has 0 amide bonds. The molecule has 5 nitrogen and oxygen atoms in total. The number of imidazole rings is 1. The van der Waals surface area contributed by atoms with Gasteiger partial charge in [-0.3, -0.25) is 4.79 Å². The van der Waals surface area contributed by atoms with Crippen molar-refractivity contribution in [3.05, 3.63) is 64.4 Å². The summed E-state index contributed by atoms with van der Waals surface area (Å²) in [7, 11) is 1.64. The van der Waals surface area contributed by atoms with Gasteiger partial charge in [0.25, 0.3) is 5.56 Å². The summed E-state index contributed by atoms with van der Waals surface area (Å²) in [4.78, 5) is 22.9. The third-order valence-electron chi connectivity index (χ3n) is 3.86. The van der Waals surface area contributed by atoms with Crippen LogP contribution in [0.2, 0.25) is 0 Å². The maximum atomic E-state index is 12.2. The van der Waals surface area contributed by atoms with Crippen LogP contribution >= 0.6 is 11.8 Å². The van der Waals surface area contributed by atoms with Crippen LogP contribution in [0.5, 0.6) is 5.75 Å². The number of ether oxygens (including phenoxy) is 1. The molecule has 0 saturated carbocycles. The molecule has 2 aromatic carbocycles. The highest BCUT2D eigenvalue weighted by atomic mass is 32.2. The van der Waals surface area contributed by atoms with Crippen molar-refractivity contribution in [1.29, 1.82) is 0 Å². The molecule has 0 atom stereocenters. The SMILES string of the molecule is COc1ccc2nc(SCc3cc4ccccc4[nH]c3=O)[nH]c2c1. The zero-order chi connectivity index (χ0) is 16.5. The molecule has 2 N–H and O–H groups in total. The lowest BCUT2D eigenvalue weighted by molar-refractivity contribution is 0.415. The van der Waals surface area contributed by atoms with E-state index in [1.54, 1.807) is 7.11 Å². The number of aromatic nitrogens is 3. The van der Waals surface area contributed by atoms with Gasteiger partial charge in [-0.25, -0.2) is 4.98 Å². The molecule has 120 valence electrons. The van der Waals surface area contributed by atoms with Gasteiger partial charge >= 0.3 is 0 Å². The van der Waals surface area contributed by atoms with Crippen molar-refractivity contribution in [2.45, 2.75) is 10.9 Å². The van der Waals surface area contributed by atoms with Crippen LogP contribution in [0.1, 0.15) is 5.56 Å². The predicted molar refractivity (Wildman–Crippen MR) is 96.8 cm³/mol. The van der Waals surface area contributed by atoms with Gasteiger partial charge in [-0.1, -0.05) is 30.0 Å². The zero-order valence-electron chi connectivity index (χ0n) is 13.0. The monoisotopic (exact) mass is 337 g/mol. The van der Waals surface area contributed by atoms with Crippen LogP contribution in [0.3, 0.4) is 0 Å². The van der Waals surface area contributed by atoms with Crippen molar-refractivity contribution in [2.24, 2.45) is 0 Å². The fraction of sp³-hybridized carbons (Fsp3) is 0.111. The molecular formula is C18H15N3O2S. The molecule has 4 aromatic rings. The molecular weight excluding hydrogens is 322 g/mol. The normalized spacial score (nSPS) is 11.2. The fourth-order valence-electron chi connectivity index (χ4n) is 2.61. The first-order valence-electron chi connectivity index (χ1n) is 7.50. The molecule has 0 aliphatic rings. The summed E-state index contributed by atoms with van der Waals surface area (Å²) < 4.78 is 5.22. The van der Waals surface area contributed by atoms with Gasteiger partial charge in [0.1, 0.15) is 5.75 Å². The van der Waals surface area contributed by atoms with Crippen molar-refractivity contribution in [2.75, 3.05) is 7.11 Å². The average molecular weight is 337 g/mol. The van der Waals surface area contributed by atoms with Crippen molar-refractivity contribution in [1.82, 2.24) is 15.0 Å². The summed E-state index contributed by atoms with van der Waals surface area (Å²) >= 11 is 1.51. The molecule has 0 fully saturated rings. The standard InChI is InChI=1S/C18H15N3O2S/c1-23-13-6-7-15-16(9-13)21-18(20-15)24-10-12-8-11-4-2-3-5-14(11)19-17(12)22/h2-9H,10H2,1H3,(H,19,22)(H,20,21). The number of H-pyrrole nitrogens is 2. The van der Waals surface area contributed by atoms with Crippen LogP contribution in [-0.2, 0) is 5.75 Å². The number of aromatic amines is 2. The zero-order valence-corrected chi connectivity index (χ0v) is 13.8. The molecule has 4 rings (SSSR count). The number of hydrogen-bond acceptors (Lipinski definition) is 4. The summed E-state index contributed by atoms with van der Waals surface area (Å²) in [6, 6.07) is 15.4. The number of benzene rings is 2. The second-order valence-electron chi connectivity index (χ2n) is 5.42. The van der Waals surface area contributed by atoms with Gasteiger partial charge in [0.05, 0.1) is 18.1 Å². The number of thioether (sulfide) groups is 1. The Kier molecular flexibility index (Phi) is 3.74. The Hall–Kier alpha value is -2.73. The Balaban J connectivity index is 1.60. The van der Waals surface area contributed by atoms with Crippen molar-refractivity contribution in [3.63, 3.8) is 0 Å². The minimum atomic E-state index is -0.0565. The summed E-state index contributed by atoms with van der Waals surface area (Å²) in [5.74, 6) is 1.34. The molecule has 0 spiro atoms.